The number of rotatable bonds is 4. The van der Waals surface area contributed by atoms with E-state index in [1.807, 2.05) is 13.8 Å². The van der Waals surface area contributed by atoms with E-state index >= 15 is 0 Å². The zero-order valence-electron chi connectivity index (χ0n) is 11.1. The van der Waals surface area contributed by atoms with Crippen molar-refractivity contribution in [3.8, 4) is 11.3 Å². The van der Waals surface area contributed by atoms with Gasteiger partial charge in [-0.3, -0.25) is 0 Å². The summed E-state index contributed by atoms with van der Waals surface area (Å²) in [7, 11) is 0. The number of nitrogens with zero attached hydrogens (tertiary/aromatic N) is 1. The Bertz CT molecular complexity index is 508. The van der Waals surface area contributed by atoms with Gasteiger partial charge in [-0.05, 0) is 25.8 Å². The monoisotopic (exact) mass is 261 g/mol. The molecule has 2 aromatic rings. The van der Waals surface area contributed by atoms with Crippen molar-refractivity contribution < 1.29 is 5.11 Å². The minimum Gasteiger partial charge on any atom is -0.390 e. The van der Waals surface area contributed by atoms with E-state index in [0.29, 0.717) is 6.42 Å². The Morgan fingerprint density at radius 3 is 2.44 bits per heavy atom. The number of thiazole rings is 1. The summed E-state index contributed by atoms with van der Waals surface area (Å²) in [5.74, 6) is 0. The van der Waals surface area contributed by atoms with Crippen molar-refractivity contribution in [3.63, 3.8) is 0 Å². The van der Waals surface area contributed by atoms with Crippen molar-refractivity contribution in [2.45, 2.75) is 39.2 Å². The van der Waals surface area contributed by atoms with Crippen LogP contribution in [0.2, 0.25) is 0 Å². The summed E-state index contributed by atoms with van der Waals surface area (Å²) in [6.07, 6.45) is 1.66. The summed E-state index contributed by atoms with van der Waals surface area (Å²) in [5.41, 5.74) is 2.79. The average molecular weight is 261 g/mol. The van der Waals surface area contributed by atoms with Gasteiger partial charge in [0.1, 0.15) is 0 Å². The third kappa shape index (κ3) is 3.40. The maximum absolute atomic E-state index is 9.79. The van der Waals surface area contributed by atoms with E-state index in [4.69, 9.17) is 0 Å². The molecule has 0 aliphatic carbocycles. The fraction of sp³-hybridized carbons (Fsp3) is 0.400. The van der Waals surface area contributed by atoms with Gasteiger partial charge < -0.3 is 5.11 Å². The standard InChI is InChI=1S/C15H19NOS/c1-4-11-5-7-12(8-6-11)13-10-18-14(16-13)9-15(2,3)17/h5-8,10,17H,4,9H2,1-3H3. The molecule has 0 aliphatic rings. The van der Waals surface area contributed by atoms with Crippen molar-refractivity contribution in [2.24, 2.45) is 0 Å². The molecule has 3 heteroatoms. The maximum Gasteiger partial charge on any atom is 0.0961 e. The Labute approximate surface area is 112 Å². The summed E-state index contributed by atoms with van der Waals surface area (Å²) in [6.45, 7) is 5.77. The van der Waals surface area contributed by atoms with Crippen LogP contribution in [0.25, 0.3) is 11.3 Å². The number of aryl methyl sites for hydroxylation is 1. The summed E-state index contributed by atoms with van der Waals surface area (Å²) in [4.78, 5) is 4.58. The first-order valence-electron chi connectivity index (χ1n) is 6.24. The van der Waals surface area contributed by atoms with Crippen LogP contribution < -0.4 is 0 Å². The van der Waals surface area contributed by atoms with E-state index < -0.39 is 5.60 Å². The average Bonchev–Trinajstić information content (AvgIpc) is 2.75. The molecule has 1 aromatic carbocycles. The molecule has 18 heavy (non-hydrogen) atoms. The van der Waals surface area contributed by atoms with Crippen molar-refractivity contribution in [1.82, 2.24) is 4.98 Å². The Morgan fingerprint density at radius 1 is 1.22 bits per heavy atom. The first kappa shape index (κ1) is 13.2. The molecule has 0 atom stereocenters. The van der Waals surface area contributed by atoms with Crippen LogP contribution >= 0.6 is 11.3 Å². The molecule has 0 bridgehead atoms. The molecular formula is C15H19NOS. The van der Waals surface area contributed by atoms with Gasteiger partial charge in [-0.1, -0.05) is 31.2 Å². The molecule has 1 N–H and O–H groups in total. The Morgan fingerprint density at radius 2 is 1.89 bits per heavy atom. The highest BCUT2D eigenvalue weighted by atomic mass is 32.1. The van der Waals surface area contributed by atoms with Crippen molar-refractivity contribution in [2.75, 3.05) is 0 Å². The second-order valence-corrected chi connectivity index (χ2v) is 6.11. The highest BCUT2D eigenvalue weighted by Gasteiger charge is 2.16. The van der Waals surface area contributed by atoms with Crippen LogP contribution in [-0.4, -0.2) is 15.7 Å². The second kappa shape index (κ2) is 5.21. The summed E-state index contributed by atoms with van der Waals surface area (Å²) in [6, 6.07) is 8.51. The van der Waals surface area contributed by atoms with Crippen molar-refractivity contribution in [3.05, 3.63) is 40.2 Å². The number of hydrogen-bond acceptors (Lipinski definition) is 3. The van der Waals surface area contributed by atoms with Crippen LogP contribution in [0.1, 0.15) is 31.3 Å². The van der Waals surface area contributed by atoms with Crippen LogP contribution in [-0.2, 0) is 12.8 Å². The lowest BCUT2D eigenvalue weighted by Gasteiger charge is -2.14. The molecule has 0 radical (unpaired) electrons. The molecule has 96 valence electrons. The highest BCUT2D eigenvalue weighted by Crippen LogP contribution is 2.24. The van der Waals surface area contributed by atoms with Crippen LogP contribution in [0.5, 0.6) is 0 Å². The Balaban J connectivity index is 2.18. The predicted molar refractivity (Wildman–Crippen MR) is 76.9 cm³/mol. The van der Waals surface area contributed by atoms with Gasteiger partial charge in [0.15, 0.2) is 0 Å². The highest BCUT2D eigenvalue weighted by molar-refractivity contribution is 7.09. The quantitative estimate of drug-likeness (QED) is 0.910. The summed E-state index contributed by atoms with van der Waals surface area (Å²) >= 11 is 1.61. The lowest BCUT2D eigenvalue weighted by atomic mass is 10.1. The first-order valence-corrected chi connectivity index (χ1v) is 7.12. The van der Waals surface area contributed by atoms with Crippen LogP contribution in [0, 0.1) is 0 Å². The molecule has 0 saturated heterocycles. The second-order valence-electron chi connectivity index (χ2n) is 5.17. The van der Waals surface area contributed by atoms with Gasteiger partial charge >= 0.3 is 0 Å². The SMILES string of the molecule is CCc1ccc(-c2csc(CC(C)(C)O)n2)cc1. The van der Waals surface area contributed by atoms with Crippen LogP contribution in [0.4, 0.5) is 0 Å². The van der Waals surface area contributed by atoms with E-state index in [2.05, 4.69) is 41.6 Å². The van der Waals surface area contributed by atoms with Gasteiger partial charge in [-0.25, -0.2) is 4.98 Å². The molecule has 2 nitrogen and oxygen atoms in total. The maximum atomic E-state index is 9.79. The molecule has 0 unspecified atom stereocenters. The van der Waals surface area contributed by atoms with E-state index in [-0.39, 0.29) is 0 Å². The minimum absolute atomic E-state index is 0.602. The number of aliphatic hydroxyl groups is 1. The van der Waals surface area contributed by atoms with Crippen molar-refractivity contribution in [1.29, 1.82) is 0 Å². The van der Waals surface area contributed by atoms with Gasteiger partial charge in [-0.2, -0.15) is 0 Å². The largest absolute Gasteiger partial charge is 0.390 e. The number of aromatic nitrogens is 1. The number of benzene rings is 1. The van der Waals surface area contributed by atoms with Crippen molar-refractivity contribution >= 4 is 11.3 Å². The molecule has 1 heterocycles. The molecule has 1 aromatic heterocycles. The van der Waals surface area contributed by atoms with E-state index in [1.165, 1.54) is 5.56 Å². The lowest BCUT2D eigenvalue weighted by Crippen LogP contribution is -2.21. The number of hydrogen-bond donors (Lipinski definition) is 1. The van der Waals surface area contributed by atoms with Gasteiger partial charge in [-0.15, -0.1) is 11.3 Å². The van der Waals surface area contributed by atoms with E-state index in [0.717, 1.165) is 22.7 Å². The fourth-order valence-corrected chi connectivity index (χ4v) is 2.83. The van der Waals surface area contributed by atoms with Gasteiger partial charge in [0.25, 0.3) is 0 Å². The Hall–Kier alpha value is -1.19. The van der Waals surface area contributed by atoms with Crippen LogP contribution in [0.3, 0.4) is 0 Å². The molecule has 0 amide bonds. The lowest BCUT2D eigenvalue weighted by molar-refractivity contribution is 0.0809. The molecular weight excluding hydrogens is 242 g/mol. The third-order valence-electron chi connectivity index (χ3n) is 2.79. The third-order valence-corrected chi connectivity index (χ3v) is 3.64. The topological polar surface area (TPSA) is 33.1 Å². The summed E-state index contributed by atoms with van der Waals surface area (Å²) < 4.78 is 0. The predicted octanol–water partition coefficient (Wildman–Crippen LogP) is 3.69. The minimum atomic E-state index is -0.693. The zero-order valence-corrected chi connectivity index (χ0v) is 11.9. The smallest absolute Gasteiger partial charge is 0.0961 e. The molecule has 0 saturated carbocycles. The van der Waals surface area contributed by atoms with Crippen LogP contribution in [0.15, 0.2) is 29.6 Å². The van der Waals surface area contributed by atoms with Gasteiger partial charge in [0.05, 0.1) is 16.3 Å². The fourth-order valence-electron chi connectivity index (χ4n) is 1.81. The molecule has 2 rings (SSSR count). The van der Waals surface area contributed by atoms with E-state index in [1.54, 1.807) is 11.3 Å². The van der Waals surface area contributed by atoms with E-state index in [9.17, 15) is 5.11 Å². The molecule has 0 aliphatic heterocycles. The first-order chi connectivity index (χ1) is 8.48. The zero-order chi connectivity index (χ0) is 13.2. The van der Waals surface area contributed by atoms with Gasteiger partial charge in [0.2, 0.25) is 0 Å². The normalized spacial score (nSPS) is 11.8. The molecule has 0 spiro atoms. The summed E-state index contributed by atoms with van der Waals surface area (Å²) in [5, 5.41) is 12.8. The Kier molecular flexibility index (Phi) is 3.83. The van der Waals surface area contributed by atoms with Gasteiger partial charge in [0, 0.05) is 17.4 Å². The molecule has 0 fully saturated rings.